The van der Waals surface area contributed by atoms with Crippen LogP contribution in [0.25, 0.3) is 0 Å². The fourth-order valence-corrected chi connectivity index (χ4v) is 1.81. The summed E-state index contributed by atoms with van der Waals surface area (Å²) < 4.78 is 40.0. The molecule has 0 spiro atoms. The molecule has 0 aliphatic rings. The molecule has 7 heteroatoms. The van der Waals surface area contributed by atoms with Crippen LogP contribution in [0.3, 0.4) is 0 Å². The van der Waals surface area contributed by atoms with Gasteiger partial charge in [0.25, 0.3) is 0 Å². The van der Waals surface area contributed by atoms with Crippen LogP contribution in [0.5, 0.6) is 0 Å². The molecule has 0 atom stereocenters. The average molecular weight is 253 g/mol. The highest BCUT2D eigenvalue weighted by molar-refractivity contribution is 7.09. The fourth-order valence-electron chi connectivity index (χ4n) is 1.07. The lowest BCUT2D eigenvalue weighted by Crippen LogP contribution is -2.32. The Morgan fingerprint density at radius 3 is 2.19 bits per heavy atom. The second-order valence-corrected chi connectivity index (χ2v) is 4.57. The quantitative estimate of drug-likeness (QED) is 0.891. The molecule has 1 aromatic heterocycles. The number of halogens is 3. The molecule has 1 heterocycles. The number of nitrogens with zero attached hydrogens (tertiary/aromatic N) is 2. The zero-order valence-corrected chi connectivity index (χ0v) is 10.2. The standard InChI is InChI=1S/C9H14F3N3S/c1-4-8(3,5-2)14-7-13-6(15-16-7)9(10,11)12/h4-5H2,1-3H3,(H,13,14,15). The molecule has 0 bridgehead atoms. The predicted molar refractivity (Wildman–Crippen MR) is 57.5 cm³/mol. The van der Waals surface area contributed by atoms with E-state index in [4.69, 9.17) is 0 Å². The molecular formula is C9H14F3N3S. The van der Waals surface area contributed by atoms with Crippen LogP contribution in [-0.4, -0.2) is 14.9 Å². The third-order valence-corrected chi connectivity index (χ3v) is 3.28. The number of nitrogens with one attached hydrogen (secondary N) is 1. The van der Waals surface area contributed by atoms with Gasteiger partial charge in [-0.3, -0.25) is 0 Å². The molecule has 1 rings (SSSR count). The fraction of sp³-hybridized carbons (Fsp3) is 0.778. The van der Waals surface area contributed by atoms with Gasteiger partial charge in [0, 0.05) is 17.1 Å². The summed E-state index contributed by atoms with van der Waals surface area (Å²) in [5.41, 5.74) is -0.234. The maximum atomic E-state index is 12.3. The molecule has 0 aliphatic heterocycles. The Bertz CT molecular complexity index is 344. The number of rotatable bonds is 4. The Kier molecular flexibility index (Phi) is 3.77. The van der Waals surface area contributed by atoms with Crippen LogP contribution in [0.15, 0.2) is 0 Å². The largest absolute Gasteiger partial charge is 0.452 e. The van der Waals surface area contributed by atoms with Crippen molar-refractivity contribution in [3.05, 3.63) is 5.82 Å². The number of hydrogen-bond donors (Lipinski definition) is 1. The number of hydrogen-bond acceptors (Lipinski definition) is 4. The summed E-state index contributed by atoms with van der Waals surface area (Å²) in [6, 6.07) is 0. The summed E-state index contributed by atoms with van der Waals surface area (Å²) in [6.07, 6.45) is -2.85. The average Bonchev–Trinajstić information content (AvgIpc) is 2.65. The minimum absolute atomic E-state index is 0.221. The summed E-state index contributed by atoms with van der Waals surface area (Å²) in [6.45, 7) is 5.89. The molecule has 16 heavy (non-hydrogen) atoms. The Balaban J connectivity index is 2.80. The van der Waals surface area contributed by atoms with Gasteiger partial charge in [0.2, 0.25) is 11.0 Å². The maximum Gasteiger partial charge on any atom is 0.452 e. The monoisotopic (exact) mass is 253 g/mol. The summed E-state index contributed by atoms with van der Waals surface area (Å²) in [5, 5.41) is 3.21. The van der Waals surface area contributed by atoms with Crippen molar-refractivity contribution in [3.63, 3.8) is 0 Å². The number of aromatic nitrogens is 2. The molecule has 0 aliphatic carbocycles. The van der Waals surface area contributed by atoms with Crippen LogP contribution < -0.4 is 5.32 Å². The predicted octanol–water partition coefficient (Wildman–Crippen LogP) is 3.55. The van der Waals surface area contributed by atoms with Gasteiger partial charge >= 0.3 is 6.18 Å². The van der Waals surface area contributed by atoms with Crippen molar-refractivity contribution in [3.8, 4) is 0 Å². The molecule has 0 radical (unpaired) electrons. The van der Waals surface area contributed by atoms with Crippen LogP contribution in [0.1, 0.15) is 39.4 Å². The van der Waals surface area contributed by atoms with E-state index in [1.807, 2.05) is 20.8 Å². The molecule has 0 fully saturated rings. The third kappa shape index (κ3) is 3.07. The Morgan fingerprint density at radius 2 is 1.81 bits per heavy atom. The normalized spacial score (nSPS) is 12.9. The smallest absolute Gasteiger partial charge is 0.355 e. The summed E-state index contributed by atoms with van der Waals surface area (Å²) in [5.74, 6) is -1.07. The van der Waals surface area contributed by atoms with Gasteiger partial charge in [0.15, 0.2) is 0 Å². The highest BCUT2D eigenvalue weighted by atomic mass is 32.1. The van der Waals surface area contributed by atoms with Crippen molar-refractivity contribution in [1.82, 2.24) is 9.36 Å². The summed E-state index contributed by atoms with van der Waals surface area (Å²) in [7, 11) is 0. The van der Waals surface area contributed by atoms with E-state index in [0.29, 0.717) is 0 Å². The molecule has 3 nitrogen and oxygen atoms in total. The van der Waals surface area contributed by atoms with Gasteiger partial charge in [-0.15, -0.1) is 0 Å². The molecule has 0 amide bonds. The topological polar surface area (TPSA) is 37.8 Å². The Morgan fingerprint density at radius 1 is 1.25 bits per heavy atom. The lowest BCUT2D eigenvalue weighted by Gasteiger charge is -2.27. The first-order valence-corrected chi connectivity index (χ1v) is 5.77. The van der Waals surface area contributed by atoms with Gasteiger partial charge in [0.05, 0.1) is 0 Å². The SMILES string of the molecule is CCC(C)(CC)Nc1nc(C(F)(F)F)ns1. The first-order chi connectivity index (χ1) is 7.30. The van der Waals surface area contributed by atoms with E-state index in [1.165, 1.54) is 0 Å². The lowest BCUT2D eigenvalue weighted by atomic mass is 9.96. The first kappa shape index (κ1) is 13.2. The molecule has 1 N–H and O–H groups in total. The number of anilines is 1. The van der Waals surface area contributed by atoms with Crippen LogP contribution >= 0.6 is 11.5 Å². The first-order valence-electron chi connectivity index (χ1n) is 5.00. The van der Waals surface area contributed by atoms with Crippen molar-refractivity contribution < 1.29 is 13.2 Å². The zero-order valence-electron chi connectivity index (χ0n) is 9.35. The van der Waals surface area contributed by atoms with Gasteiger partial charge in [0.1, 0.15) is 0 Å². The molecule has 0 aromatic carbocycles. The van der Waals surface area contributed by atoms with E-state index >= 15 is 0 Å². The highest BCUT2D eigenvalue weighted by Crippen LogP contribution is 2.30. The van der Waals surface area contributed by atoms with Gasteiger partial charge in [-0.1, -0.05) is 13.8 Å². The molecule has 0 unspecified atom stereocenters. The van der Waals surface area contributed by atoms with Crippen LogP contribution in [0.2, 0.25) is 0 Å². The van der Waals surface area contributed by atoms with E-state index < -0.39 is 12.0 Å². The molecule has 1 aromatic rings. The molecule has 0 saturated carbocycles. The molecule has 0 saturated heterocycles. The van der Waals surface area contributed by atoms with Crippen LogP contribution in [-0.2, 0) is 6.18 Å². The summed E-state index contributed by atoms with van der Waals surface area (Å²) >= 11 is 0.742. The van der Waals surface area contributed by atoms with Crippen LogP contribution in [0, 0.1) is 0 Å². The maximum absolute atomic E-state index is 12.3. The third-order valence-electron chi connectivity index (χ3n) is 2.65. The van der Waals surface area contributed by atoms with Crippen LogP contribution in [0.4, 0.5) is 18.3 Å². The van der Waals surface area contributed by atoms with Gasteiger partial charge < -0.3 is 5.32 Å². The van der Waals surface area contributed by atoms with E-state index in [0.717, 1.165) is 24.4 Å². The second kappa shape index (κ2) is 4.57. The number of alkyl halides is 3. The van der Waals surface area contributed by atoms with Crippen molar-refractivity contribution in [2.45, 2.75) is 45.3 Å². The Labute approximate surface area is 96.3 Å². The molecule has 92 valence electrons. The highest BCUT2D eigenvalue weighted by Gasteiger charge is 2.36. The Hall–Kier alpha value is -0.850. The zero-order chi connectivity index (χ0) is 12.4. The van der Waals surface area contributed by atoms with Crippen molar-refractivity contribution in [1.29, 1.82) is 0 Å². The van der Waals surface area contributed by atoms with Crippen molar-refractivity contribution in [2.75, 3.05) is 5.32 Å². The van der Waals surface area contributed by atoms with Gasteiger partial charge in [-0.2, -0.15) is 22.5 Å². The van der Waals surface area contributed by atoms with Gasteiger partial charge in [-0.25, -0.2) is 0 Å². The minimum Gasteiger partial charge on any atom is -0.355 e. The van der Waals surface area contributed by atoms with E-state index in [1.54, 1.807) is 0 Å². The van der Waals surface area contributed by atoms with E-state index in [2.05, 4.69) is 14.7 Å². The van der Waals surface area contributed by atoms with E-state index in [9.17, 15) is 13.2 Å². The van der Waals surface area contributed by atoms with E-state index in [-0.39, 0.29) is 10.7 Å². The molecular weight excluding hydrogens is 239 g/mol. The lowest BCUT2D eigenvalue weighted by molar-refractivity contribution is -0.144. The van der Waals surface area contributed by atoms with Crippen molar-refractivity contribution >= 4 is 16.7 Å². The van der Waals surface area contributed by atoms with Gasteiger partial charge in [-0.05, 0) is 19.8 Å². The second-order valence-electron chi connectivity index (χ2n) is 3.81. The summed E-state index contributed by atoms with van der Waals surface area (Å²) in [4.78, 5) is 3.43. The minimum atomic E-state index is -4.47. The van der Waals surface area contributed by atoms with Crippen molar-refractivity contribution in [2.24, 2.45) is 0 Å².